The van der Waals surface area contributed by atoms with E-state index in [0.717, 1.165) is 0 Å². The van der Waals surface area contributed by atoms with Crippen LogP contribution in [0.25, 0.3) is 0 Å². The molecule has 1 aliphatic heterocycles. The van der Waals surface area contributed by atoms with Gasteiger partial charge in [0.25, 0.3) is 0 Å². The lowest BCUT2D eigenvalue weighted by Crippen LogP contribution is -2.45. The van der Waals surface area contributed by atoms with Crippen LogP contribution >= 0.6 is 11.6 Å². The topological polar surface area (TPSA) is 78.6 Å². The van der Waals surface area contributed by atoms with Gasteiger partial charge in [-0.3, -0.25) is 9.69 Å². The van der Waals surface area contributed by atoms with Gasteiger partial charge in [-0.15, -0.1) is 0 Å². The van der Waals surface area contributed by atoms with E-state index in [1.807, 2.05) is 11.8 Å². The molecule has 2 rings (SSSR count). The van der Waals surface area contributed by atoms with Crippen LogP contribution in [0.3, 0.4) is 0 Å². The predicted octanol–water partition coefficient (Wildman–Crippen LogP) is 1.71. The number of carbonyl (C=O) groups is 1. The number of halogens is 1. The Kier molecular flexibility index (Phi) is 4.52. The van der Waals surface area contributed by atoms with Gasteiger partial charge < -0.3 is 16.2 Å². The lowest BCUT2D eigenvalue weighted by atomic mass is 9.94. The molecule has 110 valence electrons. The smallest absolute Gasteiger partial charge is 0.238 e. The maximum atomic E-state index is 12.0. The van der Waals surface area contributed by atoms with Gasteiger partial charge in [0, 0.05) is 18.1 Å². The van der Waals surface area contributed by atoms with Crippen LogP contribution in [0.15, 0.2) is 18.2 Å². The second-order valence-corrected chi connectivity index (χ2v) is 5.99. The molecule has 1 aromatic rings. The number of anilines is 2. The lowest BCUT2D eigenvalue weighted by Gasteiger charge is -2.35. The molecule has 0 spiro atoms. The summed E-state index contributed by atoms with van der Waals surface area (Å²) in [4.78, 5) is 14.0. The van der Waals surface area contributed by atoms with E-state index < -0.39 is 5.60 Å². The van der Waals surface area contributed by atoms with Crippen LogP contribution in [-0.2, 0) is 4.79 Å². The first-order valence-electron chi connectivity index (χ1n) is 6.65. The van der Waals surface area contributed by atoms with Gasteiger partial charge in [0.05, 0.1) is 23.5 Å². The average molecular weight is 298 g/mol. The first-order valence-corrected chi connectivity index (χ1v) is 7.03. The highest BCUT2D eigenvalue weighted by Gasteiger charge is 2.28. The molecule has 0 unspecified atom stereocenters. The summed E-state index contributed by atoms with van der Waals surface area (Å²) in [6.45, 7) is 3.55. The molecule has 4 N–H and O–H groups in total. The molecule has 20 heavy (non-hydrogen) atoms. The highest BCUT2D eigenvalue weighted by molar-refractivity contribution is 6.31. The van der Waals surface area contributed by atoms with Crippen molar-refractivity contribution in [3.8, 4) is 0 Å². The van der Waals surface area contributed by atoms with Gasteiger partial charge in [0.2, 0.25) is 5.91 Å². The number of likely N-dealkylation sites (tertiary alicyclic amines) is 1. The third-order valence-corrected chi connectivity index (χ3v) is 3.82. The zero-order valence-electron chi connectivity index (χ0n) is 11.5. The largest absolute Gasteiger partial charge is 0.397 e. The monoisotopic (exact) mass is 297 g/mol. The summed E-state index contributed by atoms with van der Waals surface area (Å²) in [5, 5.41) is 13.2. The Morgan fingerprint density at radius 2 is 2.15 bits per heavy atom. The number of carbonyl (C=O) groups excluding carboxylic acids is 1. The third-order valence-electron chi connectivity index (χ3n) is 3.59. The zero-order valence-corrected chi connectivity index (χ0v) is 12.3. The molecule has 1 heterocycles. The van der Waals surface area contributed by atoms with Crippen molar-refractivity contribution < 1.29 is 9.90 Å². The highest BCUT2D eigenvalue weighted by atomic mass is 35.5. The Morgan fingerprint density at radius 1 is 1.50 bits per heavy atom. The van der Waals surface area contributed by atoms with E-state index >= 15 is 0 Å². The predicted molar refractivity (Wildman–Crippen MR) is 80.8 cm³/mol. The number of amides is 1. The Labute approximate surface area is 123 Å². The van der Waals surface area contributed by atoms with Crippen LogP contribution in [0, 0.1) is 0 Å². The number of benzene rings is 1. The summed E-state index contributed by atoms with van der Waals surface area (Å²) >= 11 is 5.88. The number of rotatable bonds is 3. The molecule has 0 radical (unpaired) electrons. The fraction of sp³-hybridized carbons (Fsp3) is 0.500. The van der Waals surface area contributed by atoms with Crippen LogP contribution in [-0.4, -0.2) is 41.1 Å². The van der Waals surface area contributed by atoms with E-state index in [0.29, 0.717) is 48.9 Å². The van der Waals surface area contributed by atoms with Gasteiger partial charge in [0.1, 0.15) is 0 Å². The maximum absolute atomic E-state index is 12.0. The molecule has 6 heteroatoms. The molecule has 1 aliphatic rings. The maximum Gasteiger partial charge on any atom is 0.238 e. The number of nitrogen functional groups attached to an aromatic ring is 1. The van der Waals surface area contributed by atoms with Crippen LogP contribution in [0.4, 0.5) is 11.4 Å². The molecular weight excluding hydrogens is 278 g/mol. The molecule has 1 amide bonds. The number of hydrogen-bond donors (Lipinski definition) is 3. The van der Waals surface area contributed by atoms with Crippen molar-refractivity contribution in [2.75, 3.05) is 30.7 Å². The fourth-order valence-electron chi connectivity index (χ4n) is 2.22. The summed E-state index contributed by atoms with van der Waals surface area (Å²) in [6.07, 6.45) is 1.36. The molecule has 0 aliphatic carbocycles. The Balaban J connectivity index is 1.88. The first kappa shape index (κ1) is 15.1. The third kappa shape index (κ3) is 4.10. The summed E-state index contributed by atoms with van der Waals surface area (Å²) in [7, 11) is 0. The summed E-state index contributed by atoms with van der Waals surface area (Å²) < 4.78 is 0. The van der Waals surface area contributed by atoms with Crippen molar-refractivity contribution in [2.24, 2.45) is 0 Å². The molecule has 0 saturated carbocycles. The second kappa shape index (κ2) is 5.99. The van der Waals surface area contributed by atoms with Crippen molar-refractivity contribution >= 4 is 28.9 Å². The minimum Gasteiger partial charge on any atom is -0.397 e. The van der Waals surface area contributed by atoms with Gasteiger partial charge in [-0.2, -0.15) is 0 Å². The van der Waals surface area contributed by atoms with Gasteiger partial charge in [0.15, 0.2) is 0 Å². The summed E-state index contributed by atoms with van der Waals surface area (Å²) in [6, 6.07) is 4.98. The van der Waals surface area contributed by atoms with Crippen molar-refractivity contribution in [1.82, 2.24) is 4.90 Å². The van der Waals surface area contributed by atoms with E-state index in [2.05, 4.69) is 5.32 Å². The van der Waals surface area contributed by atoms with E-state index in [-0.39, 0.29) is 5.91 Å². The van der Waals surface area contributed by atoms with Crippen LogP contribution in [0.2, 0.25) is 5.02 Å². The van der Waals surface area contributed by atoms with Crippen molar-refractivity contribution in [1.29, 1.82) is 0 Å². The van der Waals surface area contributed by atoms with Gasteiger partial charge in [-0.05, 0) is 38.0 Å². The highest BCUT2D eigenvalue weighted by Crippen LogP contribution is 2.23. The Morgan fingerprint density at radius 3 is 2.80 bits per heavy atom. The SMILES string of the molecule is CC1(O)CCN(CC(=O)Nc2cc(Cl)ccc2N)CC1. The van der Waals surface area contributed by atoms with Gasteiger partial charge in [-0.1, -0.05) is 11.6 Å². The van der Waals surface area contributed by atoms with Crippen molar-refractivity contribution in [3.05, 3.63) is 23.2 Å². The molecule has 5 nitrogen and oxygen atoms in total. The lowest BCUT2D eigenvalue weighted by molar-refractivity contribution is -0.118. The molecule has 1 fully saturated rings. The van der Waals surface area contributed by atoms with Crippen molar-refractivity contribution in [3.63, 3.8) is 0 Å². The molecule has 0 aromatic heterocycles. The van der Waals surface area contributed by atoms with Crippen LogP contribution < -0.4 is 11.1 Å². The number of piperidine rings is 1. The van der Waals surface area contributed by atoms with Gasteiger partial charge in [-0.25, -0.2) is 0 Å². The molecule has 1 aromatic carbocycles. The number of nitrogens with zero attached hydrogens (tertiary/aromatic N) is 1. The molecule has 0 atom stereocenters. The van der Waals surface area contributed by atoms with Crippen LogP contribution in [0.1, 0.15) is 19.8 Å². The minimum atomic E-state index is -0.607. The number of hydrogen-bond acceptors (Lipinski definition) is 4. The number of nitrogens with two attached hydrogens (primary N) is 1. The average Bonchev–Trinajstić information content (AvgIpc) is 2.36. The fourth-order valence-corrected chi connectivity index (χ4v) is 2.39. The van der Waals surface area contributed by atoms with Crippen molar-refractivity contribution in [2.45, 2.75) is 25.4 Å². The van der Waals surface area contributed by atoms with E-state index in [9.17, 15) is 9.90 Å². The number of nitrogens with one attached hydrogen (secondary N) is 1. The number of aliphatic hydroxyl groups is 1. The summed E-state index contributed by atoms with van der Waals surface area (Å²) in [5.41, 5.74) is 6.20. The Hall–Kier alpha value is -1.30. The second-order valence-electron chi connectivity index (χ2n) is 5.55. The first-order chi connectivity index (χ1) is 9.35. The van der Waals surface area contributed by atoms with Gasteiger partial charge >= 0.3 is 0 Å². The minimum absolute atomic E-state index is 0.125. The molecule has 0 bridgehead atoms. The zero-order chi connectivity index (χ0) is 14.8. The van der Waals surface area contributed by atoms with E-state index in [1.54, 1.807) is 18.2 Å². The Bertz CT molecular complexity index is 495. The van der Waals surface area contributed by atoms with E-state index in [1.165, 1.54) is 0 Å². The molecular formula is C14H20ClN3O2. The van der Waals surface area contributed by atoms with E-state index in [4.69, 9.17) is 17.3 Å². The normalized spacial score (nSPS) is 18.8. The quantitative estimate of drug-likeness (QED) is 0.742. The standard InChI is InChI=1S/C14H20ClN3O2/c1-14(20)4-6-18(7-5-14)9-13(19)17-12-8-10(15)2-3-11(12)16/h2-3,8,20H,4-7,9,16H2,1H3,(H,17,19). The van der Waals surface area contributed by atoms with Crippen LogP contribution in [0.5, 0.6) is 0 Å². The molecule has 1 saturated heterocycles. The summed E-state index contributed by atoms with van der Waals surface area (Å²) in [5.74, 6) is -0.125.